The highest BCUT2D eigenvalue weighted by molar-refractivity contribution is 7.07. The minimum absolute atomic E-state index is 0.0152. The fourth-order valence-corrected chi connectivity index (χ4v) is 3.92. The van der Waals surface area contributed by atoms with E-state index in [1.165, 1.54) is 11.3 Å². The Hall–Kier alpha value is -4.09. The Labute approximate surface area is 183 Å². The lowest BCUT2D eigenvalue weighted by atomic mass is 10.1. The Kier molecular flexibility index (Phi) is 5.69. The minimum atomic E-state index is -0.183. The van der Waals surface area contributed by atoms with Gasteiger partial charge in [0.2, 0.25) is 4.80 Å². The van der Waals surface area contributed by atoms with Crippen LogP contribution in [0.1, 0.15) is 11.1 Å². The number of anilines is 1. The molecule has 0 saturated heterocycles. The largest absolute Gasteiger partial charge is 0.482 e. The number of hydrogen-bond acceptors (Lipinski definition) is 6. The normalized spacial score (nSPS) is 12.9. The first-order valence-corrected chi connectivity index (χ1v) is 10.3. The smallest absolute Gasteiger partial charge is 0.262 e. The molecule has 7 nitrogen and oxygen atoms in total. The van der Waals surface area contributed by atoms with Crippen LogP contribution in [-0.4, -0.2) is 23.7 Å². The predicted molar refractivity (Wildman–Crippen MR) is 122 cm³/mol. The van der Waals surface area contributed by atoms with Gasteiger partial charge in [-0.2, -0.15) is 5.26 Å². The SMILES string of the molecule is C=CCN=c1scc(-c2ccc3c(c2)NC(=O)CO3)n1NC(=C)c1ccc(C#N)cc1. The average Bonchev–Trinajstić information content (AvgIpc) is 3.19. The number of carbonyl (C=O) groups excluding carboxylic acids is 1. The highest BCUT2D eigenvalue weighted by Crippen LogP contribution is 2.32. The van der Waals surface area contributed by atoms with Crippen LogP contribution in [0, 0.1) is 11.3 Å². The number of fused-ring (bicyclic) bond motifs is 1. The summed E-state index contributed by atoms with van der Waals surface area (Å²) in [5, 5.41) is 13.8. The number of thiazole rings is 1. The van der Waals surface area contributed by atoms with Crippen molar-refractivity contribution < 1.29 is 9.53 Å². The Morgan fingerprint density at radius 3 is 2.90 bits per heavy atom. The second-order valence-electron chi connectivity index (χ2n) is 6.70. The first-order chi connectivity index (χ1) is 15.1. The van der Waals surface area contributed by atoms with Crippen LogP contribution in [-0.2, 0) is 4.79 Å². The van der Waals surface area contributed by atoms with Crippen molar-refractivity contribution in [2.75, 3.05) is 23.9 Å². The van der Waals surface area contributed by atoms with Crippen LogP contribution < -0.4 is 20.3 Å². The van der Waals surface area contributed by atoms with Crippen LogP contribution in [0.2, 0.25) is 0 Å². The van der Waals surface area contributed by atoms with Crippen molar-refractivity contribution in [3.05, 3.63) is 83.0 Å². The van der Waals surface area contributed by atoms with Crippen molar-refractivity contribution >= 4 is 28.6 Å². The molecule has 1 amide bonds. The molecule has 1 aliphatic rings. The van der Waals surface area contributed by atoms with Gasteiger partial charge in [0.15, 0.2) is 6.61 Å². The number of nitrogens with zero attached hydrogens (tertiary/aromatic N) is 3. The number of rotatable bonds is 6. The molecule has 154 valence electrons. The molecule has 0 atom stereocenters. The molecule has 2 heterocycles. The lowest BCUT2D eigenvalue weighted by Crippen LogP contribution is -2.26. The van der Waals surface area contributed by atoms with Crippen molar-refractivity contribution in [1.82, 2.24) is 4.68 Å². The van der Waals surface area contributed by atoms with Gasteiger partial charge in [-0.05, 0) is 35.9 Å². The number of aromatic nitrogens is 1. The van der Waals surface area contributed by atoms with E-state index in [-0.39, 0.29) is 12.5 Å². The van der Waals surface area contributed by atoms with Gasteiger partial charge in [-0.25, -0.2) is 4.68 Å². The van der Waals surface area contributed by atoms with E-state index in [2.05, 4.69) is 35.0 Å². The summed E-state index contributed by atoms with van der Waals surface area (Å²) >= 11 is 1.48. The summed E-state index contributed by atoms with van der Waals surface area (Å²) in [6.45, 7) is 8.36. The zero-order valence-electron chi connectivity index (χ0n) is 16.6. The number of nitrogens with one attached hydrogen (secondary N) is 2. The van der Waals surface area contributed by atoms with E-state index in [1.807, 2.05) is 40.4 Å². The predicted octanol–water partition coefficient (Wildman–Crippen LogP) is 3.72. The second kappa shape index (κ2) is 8.73. The van der Waals surface area contributed by atoms with Crippen molar-refractivity contribution in [3.8, 4) is 23.1 Å². The van der Waals surface area contributed by atoms with Crippen LogP contribution in [0.25, 0.3) is 17.0 Å². The lowest BCUT2D eigenvalue weighted by molar-refractivity contribution is -0.118. The van der Waals surface area contributed by atoms with Gasteiger partial charge in [0.25, 0.3) is 5.91 Å². The molecule has 0 radical (unpaired) electrons. The molecule has 0 bridgehead atoms. The van der Waals surface area contributed by atoms with Crippen molar-refractivity contribution in [1.29, 1.82) is 5.26 Å². The van der Waals surface area contributed by atoms with Gasteiger partial charge in [-0.3, -0.25) is 15.2 Å². The number of benzene rings is 2. The summed E-state index contributed by atoms with van der Waals surface area (Å²) in [7, 11) is 0. The molecule has 4 rings (SSSR count). The molecular formula is C23H19N5O2S. The molecule has 0 aliphatic carbocycles. The van der Waals surface area contributed by atoms with Gasteiger partial charge in [0.1, 0.15) is 5.75 Å². The van der Waals surface area contributed by atoms with Crippen LogP contribution in [0.5, 0.6) is 5.75 Å². The molecule has 0 unspecified atom stereocenters. The van der Waals surface area contributed by atoms with Gasteiger partial charge >= 0.3 is 0 Å². The molecule has 1 aliphatic heterocycles. The monoisotopic (exact) mass is 429 g/mol. The summed E-state index contributed by atoms with van der Waals surface area (Å²) in [5.74, 6) is 0.452. The van der Waals surface area contributed by atoms with E-state index in [0.717, 1.165) is 21.6 Å². The zero-order chi connectivity index (χ0) is 21.8. The number of hydrogen-bond donors (Lipinski definition) is 2. The summed E-state index contributed by atoms with van der Waals surface area (Å²) in [5.41, 5.74) is 7.75. The molecular weight excluding hydrogens is 410 g/mol. The van der Waals surface area contributed by atoms with Crippen LogP contribution in [0.15, 0.2) is 72.1 Å². The fourth-order valence-electron chi connectivity index (χ4n) is 3.06. The molecule has 0 saturated carbocycles. The van der Waals surface area contributed by atoms with Gasteiger partial charge < -0.3 is 10.1 Å². The summed E-state index contributed by atoms with van der Waals surface area (Å²) in [6.07, 6.45) is 1.73. The van der Waals surface area contributed by atoms with E-state index in [9.17, 15) is 4.79 Å². The van der Waals surface area contributed by atoms with E-state index in [0.29, 0.717) is 29.2 Å². The summed E-state index contributed by atoms with van der Waals surface area (Å²) in [4.78, 5) is 17.0. The molecule has 1 aromatic heterocycles. The molecule has 3 aromatic rings. The third-order valence-electron chi connectivity index (χ3n) is 4.58. The first-order valence-electron chi connectivity index (χ1n) is 9.44. The highest BCUT2D eigenvalue weighted by atomic mass is 32.1. The molecule has 0 fully saturated rings. The van der Waals surface area contributed by atoms with Gasteiger partial charge in [0.05, 0.1) is 35.3 Å². The number of carbonyl (C=O) groups is 1. The van der Waals surface area contributed by atoms with Crippen LogP contribution in [0.4, 0.5) is 5.69 Å². The number of nitriles is 1. The maximum atomic E-state index is 11.7. The van der Waals surface area contributed by atoms with Crippen molar-refractivity contribution in [3.63, 3.8) is 0 Å². The average molecular weight is 430 g/mol. The quantitative estimate of drug-likeness (QED) is 0.584. The Balaban J connectivity index is 1.73. The van der Waals surface area contributed by atoms with E-state index >= 15 is 0 Å². The van der Waals surface area contributed by atoms with E-state index < -0.39 is 0 Å². The molecule has 31 heavy (non-hydrogen) atoms. The Bertz CT molecular complexity index is 1280. The number of amides is 1. The molecule has 2 N–H and O–H groups in total. The topological polar surface area (TPSA) is 91.4 Å². The van der Waals surface area contributed by atoms with Crippen molar-refractivity contribution in [2.45, 2.75) is 0 Å². The van der Waals surface area contributed by atoms with Crippen LogP contribution >= 0.6 is 11.3 Å². The van der Waals surface area contributed by atoms with E-state index in [1.54, 1.807) is 18.2 Å². The second-order valence-corrected chi connectivity index (χ2v) is 7.53. The Morgan fingerprint density at radius 1 is 1.35 bits per heavy atom. The van der Waals surface area contributed by atoms with Gasteiger partial charge in [-0.15, -0.1) is 17.9 Å². The summed E-state index contributed by atoms with van der Waals surface area (Å²) < 4.78 is 7.31. The maximum absolute atomic E-state index is 11.7. The van der Waals surface area contributed by atoms with E-state index in [4.69, 9.17) is 10.00 Å². The van der Waals surface area contributed by atoms with Gasteiger partial charge in [-0.1, -0.05) is 24.8 Å². The van der Waals surface area contributed by atoms with Gasteiger partial charge in [0, 0.05) is 10.9 Å². The molecule has 8 heteroatoms. The fraction of sp³-hybridized carbons (Fsp3) is 0.0870. The first kappa shape index (κ1) is 20.2. The third kappa shape index (κ3) is 4.27. The zero-order valence-corrected chi connectivity index (χ0v) is 17.4. The standard InChI is InChI=1S/C23H19N5O2S/c1-3-10-25-23-28(27-15(2)17-6-4-16(12-24)5-7-17)20(14-31-23)18-8-9-21-19(11-18)26-22(29)13-30-21/h3-9,11,14,27H,1-2,10,13H2,(H,26,29). The molecule has 2 aromatic carbocycles. The van der Waals surface area contributed by atoms with Crippen molar-refractivity contribution in [2.24, 2.45) is 4.99 Å². The summed E-state index contributed by atoms with van der Waals surface area (Å²) in [6, 6.07) is 14.9. The minimum Gasteiger partial charge on any atom is -0.482 e. The highest BCUT2D eigenvalue weighted by Gasteiger charge is 2.18. The third-order valence-corrected chi connectivity index (χ3v) is 5.44. The molecule has 0 spiro atoms. The lowest BCUT2D eigenvalue weighted by Gasteiger charge is -2.19. The Morgan fingerprint density at radius 2 is 2.16 bits per heavy atom. The number of ether oxygens (including phenoxy) is 1. The maximum Gasteiger partial charge on any atom is 0.262 e. The van der Waals surface area contributed by atoms with Crippen LogP contribution in [0.3, 0.4) is 0 Å².